The van der Waals surface area contributed by atoms with Crippen molar-refractivity contribution >= 4 is 0 Å². The lowest BCUT2D eigenvalue weighted by molar-refractivity contribution is 0.294. The molecule has 2 unspecified atom stereocenters. The molecule has 1 aliphatic rings. The zero-order chi connectivity index (χ0) is 14.8. The van der Waals surface area contributed by atoms with Crippen LogP contribution in [0.4, 0.5) is 4.39 Å². The molecule has 0 spiro atoms. The molecule has 112 valence electrons. The topological polar surface area (TPSA) is 68.2 Å². The lowest BCUT2D eigenvalue weighted by Gasteiger charge is -2.15. The Kier molecular flexibility index (Phi) is 3.98. The predicted molar refractivity (Wildman–Crippen MR) is 76.7 cm³/mol. The van der Waals surface area contributed by atoms with Gasteiger partial charge in [0.1, 0.15) is 5.82 Å². The summed E-state index contributed by atoms with van der Waals surface area (Å²) in [7, 11) is 0. The molecule has 0 radical (unpaired) electrons. The van der Waals surface area contributed by atoms with E-state index in [4.69, 9.17) is 10.3 Å². The van der Waals surface area contributed by atoms with Crippen LogP contribution in [-0.2, 0) is 6.54 Å². The van der Waals surface area contributed by atoms with Crippen molar-refractivity contribution in [2.24, 2.45) is 11.7 Å². The van der Waals surface area contributed by atoms with Gasteiger partial charge in [-0.3, -0.25) is 4.90 Å². The summed E-state index contributed by atoms with van der Waals surface area (Å²) in [6, 6.07) is 6.25. The first-order valence-corrected chi connectivity index (χ1v) is 7.18. The summed E-state index contributed by atoms with van der Waals surface area (Å²) in [6.45, 7) is 4.69. The van der Waals surface area contributed by atoms with Crippen molar-refractivity contribution in [3.05, 3.63) is 35.9 Å². The molecule has 0 aliphatic carbocycles. The van der Waals surface area contributed by atoms with Crippen LogP contribution in [0.1, 0.15) is 19.2 Å². The molecular formula is C15H19FN4O. The molecule has 5 nitrogen and oxygen atoms in total. The summed E-state index contributed by atoms with van der Waals surface area (Å²) in [5.41, 5.74) is 6.67. The molecule has 0 amide bonds. The average Bonchev–Trinajstić information content (AvgIpc) is 3.10. The first kappa shape index (κ1) is 14.2. The predicted octanol–water partition coefficient (Wildman–Crippen LogP) is 2.04. The first-order valence-electron chi connectivity index (χ1n) is 7.18. The Balaban J connectivity index is 1.64. The van der Waals surface area contributed by atoms with Crippen molar-refractivity contribution in [2.45, 2.75) is 25.9 Å². The van der Waals surface area contributed by atoms with Gasteiger partial charge in [0.2, 0.25) is 0 Å². The van der Waals surface area contributed by atoms with E-state index in [9.17, 15) is 4.39 Å². The summed E-state index contributed by atoms with van der Waals surface area (Å²) in [4.78, 5) is 6.66. The van der Waals surface area contributed by atoms with Crippen molar-refractivity contribution in [1.29, 1.82) is 0 Å². The molecule has 0 saturated carbocycles. The number of halogens is 1. The van der Waals surface area contributed by atoms with E-state index >= 15 is 0 Å². The maximum atomic E-state index is 12.9. The molecule has 2 N–H and O–H groups in total. The molecule has 2 aromatic rings. The smallest absolute Gasteiger partial charge is 0.257 e. The Morgan fingerprint density at radius 2 is 2.19 bits per heavy atom. The summed E-state index contributed by atoms with van der Waals surface area (Å²) in [5, 5.41) is 4.00. The minimum Gasteiger partial charge on any atom is -0.334 e. The Bertz CT molecular complexity index is 596. The van der Waals surface area contributed by atoms with Crippen LogP contribution in [0, 0.1) is 11.7 Å². The molecule has 2 atom stereocenters. The largest absolute Gasteiger partial charge is 0.334 e. The quantitative estimate of drug-likeness (QED) is 0.933. The molecule has 1 aliphatic heterocycles. The normalized spacial score (nSPS) is 20.8. The van der Waals surface area contributed by atoms with Gasteiger partial charge in [-0.15, -0.1) is 0 Å². The van der Waals surface area contributed by atoms with E-state index in [0.717, 1.165) is 25.1 Å². The minimum atomic E-state index is -0.280. The molecule has 1 fully saturated rings. The minimum absolute atomic E-state index is 0.218. The van der Waals surface area contributed by atoms with Gasteiger partial charge >= 0.3 is 0 Å². The van der Waals surface area contributed by atoms with Crippen LogP contribution in [-0.4, -0.2) is 34.2 Å². The molecule has 1 aromatic heterocycles. The van der Waals surface area contributed by atoms with E-state index < -0.39 is 0 Å². The lowest BCUT2D eigenvalue weighted by atomic mass is 10.0. The molecule has 6 heteroatoms. The second-order valence-electron chi connectivity index (χ2n) is 5.67. The maximum Gasteiger partial charge on any atom is 0.257 e. The highest BCUT2D eigenvalue weighted by molar-refractivity contribution is 5.52. The highest BCUT2D eigenvalue weighted by Crippen LogP contribution is 2.21. The average molecular weight is 290 g/mol. The standard InChI is InChI=1S/C15H19FN4O/c1-10(17)12-6-7-20(8-12)9-14-18-15(21-19-14)11-2-4-13(16)5-3-11/h2-5,10,12H,6-9,17H2,1H3. The lowest BCUT2D eigenvalue weighted by Crippen LogP contribution is -2.29. The zero-order valence-corrected chi connectivity index (χ0v) is 12.0. The number of aromatic nitrogens is 2. The Morgan fingerprint density at radius 3 is 2.86 bits per heavy atom. The van der Waals surface area contributed by atoms with Gasteiger partial charge in [-0.05, 0) is 50.1 Å². The van der Waals surface area contributed by atoms with Gasteiger partial charge in [0.25, 0.3) is 5.89 Å². The third kappa shape index (κ3) is 3.28. The van der Waals surface area contributed by atoms with Crippen LogP contribution in [0.15, 0.2) is 28.8 Å². The fourth-order valence-electron chi connectivity index (χ4n) is 2.66. The Hall–Kier alpha value is -1.79. The Labute approximate surface area is 122 Å². The van der Waals surface area contributed by atoms with Gasteiger partial charge < -0.3 is 10.3 Å². The van der Waals surface area contributed by atoms with Gasteiger partial charge in [-0.25, -0.2) is 4.39 Å². The molecule has 1 saturated heterocycles. The highest BCUT2D eigenvalue weighted by Gasteiger charge is 2.26. The number of likely N-dealkylation sites (tertiary alicyclic amines) is 1. The number of benzene rings is 1. The first-order chi connectivity index (χ1) is 10.1. The number of rotatable bonds is 4. The van der Waals surface area contributed by atoms with Gasteiger partial charge in [0, 0.05) is 18.2 Å². The van der Waals surface area contributed by atoms with Crippen molar-refractivity contribution < 1.29 is 8.91 Å². The van der Waals surface area contributed by atoms with Crippen molar-refractivity contribution in [3.63, 3.8) is 0 Å². The van der Waals surface area contributed by atoms with Crippen LogP contribution in [0.25, 0.3) is 11.5 Å². The van der Waals surface area contributed by atoms with Gasteiger partial charge in [0.05, 0.1) is 6.54 Å². The Morgan fingerprint density at radius 1 is 1.43 bits per heavy atom. The third-order valence-electron chi connectivity index (χ3n) is 3.98. The van der Waals surface area contributed by atoms with Crippen LogP contribution in [0.3, 0.4) is 0 Å². The number of nitrogens with two attached hydrogens (primary N) is 1. The van der Waals surface area contributed by atoms with E-state index in [0.29, 0.717) is 24.2 Å². The van der Waals surface area contributed by atoms with E-state index in [1.54, 1.807) is 12.1 Å². The fraction of sp³-hybridized carbons (Fsp3) is 0.467. The van der Waals surface area contributed by atoms with Crippen LogP contribution in [0.5, 0.6) is 0 Å². The van der Waals surface area contributed by atoms with Crippen molar-refractivity contribution in [3.8, 4) is 11.5 Å². The van der Waals surface area contributed by atoms with Gasteiger partial charge in [-0.1, -0.05) is 5.16 Å². The maximum absolute atomic E-state index is 12.9. The number of hydrogen-bond acceptors (Lipinski definition) is 5. The molecular weight excluding hydrogens is 271 g/mol. The SMILES string of the molecule is CC(N)C1CCN(Cc2noc(-c3ccc(F)cc3)n2)C1. The van der Waals surface area contributed by atoms with Gasteiger partial charge in [-0.2, -0.15) is 4.98 Å². The fourth-order valence-corrected chi connectivity index (χ4v) is 2.66. The monoisotopic (exact) mass is 290 g/mol. The van der Waals surface area contributed by atoms with Crippen LogP contribution >= 0.6 is 0 Å². The third-order valence-corrected chi connectivity index (χ3v) is 3.98. The van der Waals surface area contributed by atoms with Crippen molar-refractivity contribution in [2.75, 3.05) is 13.1 Å². The molecule has 3 rings (SSSR count). The van der Waals surface area contributed by atoms with Gasteiger partial charge in [0.15, 0.2) is 5.82 Å². The number of nitrogens with zero attached hydrogens (tertiary/aromatic N) is 3. The summed E-state index contributed by atoms with van der Waals surface area (Å²) < 4.78 is 18.1. The van der Waals surface area contributed by atoms with E-state index in [1.807, 2.05) is 0 Å². The summed E-state index contributed by atoms with van der Waals surface area (Å²) in [6.07, 6.45) is 1.11. The molecule has 21 heavy (non-hydrogen) atoms. The zero-order valence-electron chi connectivity index (χ0n) is 12.0. The van der Waals surface area contributed by atoms with E-state index in [-0.39, 0.29) is 11.9 Å². The highest BCUT2D eigenvalue weighted by atomic mass is 19.1. The van der Waals surface area contributed by atoms with E-state index in [1.165, 1.54) is 12.1 Å². The second-order valence-corrected chi connectivity index (χ2v) is 5.67. The van der Waals surface area contributed by atoms with Crippen LogP contribution < -0.4 is 5.73 Å². The summed E-state index contributed by atoms with van der Waals surface area (Å²) in [5.74, 6) is 1.33. The van der Waals surface area contributed by atoms with Crippen LogP contribution in [0.2, 0.25) is 0 Å². The summed E-state index contributed by atoms with van der Waals surface area (Å²) >= 11 is 0. The van der Waals surface area contributed by atoms with E-state index in [2.05, 4.69) is 22.0 Å². The second kappa shape index (κ2) is 5.91. The number of hydrogen-bond donors (Lipinski definition) is 1. The molecule has 1 aromatic carbocycles. The molecule has 2 heterocycles. The molecule has 0 bridgehead atoms. The van der Waals surface area contributed by atoms with Crippen molar-refractivity contribution in [1.82, 2.24) is 15.0 Å².